The first kappa shape index (κ1) is 15.0. The zero-order valence-electron chi connectivity index (χ0n) is 14.4. The summed E-state index contributed by atoms with van der Waals surface area (Å²) in [5, 5.41) is 1.53. The van der Waals surface area contributed by atoms with Crippen molar-refractivity contribution in [2.24, 2.45) is 11.8 Å². The van der Waals surface area contributed by atoms with Crippen molar-refractivity contribution in [3.63, 3.8) is 0 Å². The Bertz CT molecular complexity index is 716. The van der Waals surface area contributed by atoms with E-state index in [2.05, 4.69) is 80.3 Å². The van der Waals surface area contributed by atoms with Crippen LogP contribution in [0.2, 0.25) is 19.6 Å². The fourth-order valence-corrected chi connectivity index (χ4v) is 5.42. The van der Waals surface area contributed by atoms with Crippen LogP contribution < -0.4 is 5.19 Å². The number of allylic oxidation sites excluding steroid dienone is 2. The smallest absolute Gasteiger partial charge is 0.0775 e. The molecule has 0 radical (unpaired) electrons. The highest BCUT2D eigenvalue weighted by Gasteiger charge is 2.36. The third-order valence-corrected chi connectivity index (χ3v) is 7.77. The van der Waals surface area contributed by atoms with Crippen molar-refractivity contribution in [2.45, 2.75) is 38.4 Å². The maximum Gasteiger partial charge on any atom is 0.0775 e. The Kier molecular flexibility index (Phi) is 3.57. The van der Waals surface area contributed by atoms with Crippen molar-refractivity contribution in [1.82, 2.24) is 0 Å². The summed E-state index contributed by atoms with van der Waals surface area (Å²) in [5.74, 6) is 2.40. The molecule has 2 bridgehead atoms. The van der Waals surface area contributed by atoms with Crippen molar-refractivity contribution in [2.75, 3.05) is 0 Å². The van der Waals surface area contributed by atoms with Crippen molar-refractivity contribution >= 4 is 13.3 Å². The largest absolute Gasteiger partial charge is 0.0851 e. The van der Waals surface area contributed by atoms with Crippen LogP contribution in [0.25, 0.3) is 11.1 Å². The molecule has 1 fully saturated rings. The Labute approximate surface area is 141 Å². The standard InChI is InChI=1S/C22H26Si/c1-23(2,3)21-12-10-18(11-13-21)17-6-8-19(9-7-17)22-15-16-4-5-20(22)14-16/h4-13,16,20,22H,14-15H2,1-3H3/t16?,20?,22-/m1/s1. The van der Waals surface area contributed by atoms with Crippen LogP contribution in [0.4, 0.5) is 0 Å². The van der Waals surface area contributed by atoms with Gasteiger partial charge in [0.1, 0.15) is 0 Å². The number of rotatable bonds is 3. The van der Waals surface area contributed by atoms with E-state index in [0.717, 1.165) is 17.8 Å². The van der Waals surface area contributed by atoms with Crippen LogP contribution in [0.3, 0.4) is 0 Å². The average Bonchev–Trinajstić information content (AvgIpc) is 3.17. The number of hydrogen-bond donors (Lipinski definition) is 0. The lowest BCUT2D eigenvalue weighted by molar-refractivity contribution is 0.586. The van der Waals surface area contributed by atoms with E-state index in [1.165, 1.54) is 34.7 Å². The molecule has 0 amide bonds. The quantitative estimate of drug-likeness (QED) is 0.512. The minimum Gasteiger partial charge on any atom is -0.0851 e. The van der Waals surface area contributed by atoms with Gasteiger partial charge in [0.2, 0.25) is 0 Å². The van der Waals surface area contributed by atoms with E-state index in [1.54, 1.807) is 0 Å². The summed E-state index contributed by atoms with van der Waals surface area (Å²) >= 11 is 0. The van der Waals surface area contributed by atoms with Gasteiger partial charge in [-0.05, 0) is 47.3 Å². The third-order valence-electron chi connectivity index (χ3n) is 5.70. The van der Waals surface area contributed by atoms with Gasteiger partial charge in [-0.2, -0.15) is 0 Å². The Morgan fingerprint density at radius 1 is 0.739 bits per heavy atom. The Morgan fingerprint density at radius 3 is 1.83 bits per heavy atom. The average molecular weight is 319 g/mol. The van der Waals surface area contributed by atoms with Crippen LogP contribution in [0.5, 0.6) is 0 Å². The molecule has 2 aromatic carbocycles. The predicted molar refractivity (Wildman–Crippen MR) is 103 cm³/mol. The van der Waals surface area contributed by atoms with Crippen LogP contribution in [-0.4, -0.2) is 8.07 Å². The second kappa shape index (κ2) is 5.49. The lowest BCUT2D eigenvalue weighted by Crippen LogP contribution is -2.37. The molecule has 23 heavy (non-hydrogen) atoms. The summed E-state index contributed by atoms with van der Waals surface area (Å²) in [6, 6.07) is 18.6. The molecule has 1 heteroatoms. The summed E-state index contributed by atoms with van der Waals surface area (Å²) < 4.78 is 0. The second-order valence-electron chi connectivity index (χ2n) is 8.34. The van der Waals surface area contributed by atoms with Gasteiger partial charge in [-0.25, -0.2) is 0 Å². The molecule has 0 spiro atoms. The summed E-state index contributed by atoms with van der Waals surface area (Å²) in [6.45, 7) is 7.21. The predicted octanol–water partition coefficient (Wildman–Crippen LogP) is 5.58. The highest BCUT2D eigenvalue weighted by molar-refractivity contribution is 6.88. The van der Waals surface area contributed by atoms with E-state index >= 15 is 0 Å². The molecule has 0 aromatic heterocycles. The lowest BCUT2D eigenvalue weighted by Gasteiger charge is -2.19. The molecule has 0 aliphatic heterocycles. The molecular weight excluding hydrogens is 292 g/mol. The Balaban J connectivity index is 1.55. The number of hydrogen-bond acceptors (Lipinski definition) is 0. The molecule has 2 aliphatic rings. The summed E-state index contributed by atoms with van der Waals surface area (Å²) in [7, 11) is -1.20. The van der Waals surface area contributed by atoms with Gasteiger partial charge >= 0.3 is 0 Å². The number of benzene rings is 2. The topological polar surface area (TPSA) is 0 Å². The van der Waals surface area contributed by atoms with Crippen molar-refractivity contribution < 1.29 is 0 Å². The second-order valence-corrected chi connectivity index (χ2v) is 13.4. The molecule has 0 heterocycles. The molecule has 118 valence electrons. The van der Waals surface area contributed by atoms with Gasteiger partial charge in [-0.1, -0.05) is 85.5 Å². The van der Waals surface area contributed by atoms with Crippen LogP contribution in [0.15, 0.2) is 60.7 Å². The van der Waals surface area contributed by atoms with Crippen molar-refractivity contribution in [1.29, 1.82) is 0 Å². The molecule has 3 atom stereocenters. The van der Waals surface area contributed by atoms with Crippen LogP contribution >= 0.6 is 0 Å². The fraction of sp³-hybridized carbons (Fsp3) is 0.364. The van der Waals surface area contributed by atoms with Gasteiger partial charge in [0, 0.05) is 0 Å². The van der Waals surface area contributed by atoms with Gasteiger partial charge in [0.05, 0.1) is 8.07 Å². The van der Waals surface area contributed by atoms with Gasteiger partial charge in [0.15, 0.2) is 0 Å². The van der Waals surface area contributed by atoms with Crippen LogP contribution in [0.1, 0.15) is 24.3 Å². The molecule has 2 unspecified atom stereocenters. The first-order chi connectivity index (χ1) is 11.0. The van der Waals surface area contributed by atoms with E-state index in [4.69, 9.17) is 0 Å². The van der Waals surface area contributed by atoms with E-state index < -0.39 is 8.07 Å². The Morgan fingerprint density at radius 2 is 1.35 bits per heavy atom. The maximum atomic E-state index is 2.45. The lowest BCUT2D eigenvalue weighted by atomic mass is 9.86. The van der Waals surface area contributed by atoms with Gasteiger partial charge in [-0.3, -0.25) is 0 Å². The zero-order chi connectivity index (χ0) is 16.0. The first-order valence-electron chi connectivity index (χ1n) is 8.90. The molecule has 0 N–H and O–H groups in total. The fourth-order valence-electron chi connectivity index (χ4n) is 4.25. The summed E-state index contributed by atoms with van der Waals surface area (Å²) in [5.41, 5.74) is 4.21. The SMILES string of the molecule is C[Si](C)(C)c1ccc(-c2ccc([C@H]3CC4C=CC3C4)cc2)cc1. The first-order valence-corrected chi connectivity index (χ1v) is 12.4. The van der Waals surface area contributed by atoms with E-state index in [9.17, 15) is 0 Å². The zero-order valence-corrected chi connectivity index (χ0v) is 15.4. The number of fused-ring (bicyclic) bond motifs is 2. The minimum absolute atomic E-state index is 0.758. The molecule has 1 saturated carbocycles. The van der Waals surface area contributed by atoms with Gasteiger partial charge in [-0.15, -0.1) is 0 Å². The monoisotopic (exact) mass is 318 g/mol. The molecule has 0 saturated heterocycles. The van der Waals surface area contributed by atoms with Gasteiger partial charge in [0.25, 0.3) is 0 Å². The third kappa shape index (κ3) is 2.83. The van der Waals surface area contributed by atoms with E-state index in [-0.39, 0.29) is 0 Å². The Hall–Kier alpha value is -1.60. The minimum atomic E-state index is -1.20. The van der Waals surface area contributed by atoms with Gasteiger partial charge < -0.3 is 0 Å². The van der Waals surface area contributed by atoms with Crippen molar-refractivity contribution in [3.05, 3.63) is 66.2 Å². The summed E-state index contributed by atoms with van der Waals surface area (Å²) in [6.07, 6.45) is 7.60. The molecular formula is C22H26Si. The molecule has 2 aliphatic carbocycles. The molecule has 0 nitrogen and oxygen atoms in total. The van der Waals surface area contributed by atoms with Crippen LogP contribution in [0, 0.1) is 11.8 Å². The normalized spacial score (nSPS) is 26.0. The highest BCUT2D eigenvalue weighted by atomic mass is 28.3. The molecule has 4 rings (SSSR count). The summed E-state index contributed by atoms with van der Waals surface area (Å²) in [4.78, 5) is 0. The highest BCUT2D eigenvalue weighted by Crippen LogP contribution is 2.48. The van der Waals surface area contributed by atoms with Crippen molar-refractivity contribution in [3.8, 4) is 11.1 Å². The molecule has 2 aromatic rings. The van der Waals surface area contributed by atoms with Crippen LogP contribution in [-0.2, 0) is 0 Å². The van der Waals surface area contributed by atoms with E-state index in [1.807, 2.05) is 0 Å². The maximum absolute atomic E-state index is 2.45. The van der Waals surface area contributed by atoms with E-state index in [0.29, 0.717) is 0 Å².